The molecule has 0 bridgehead atoms. The van der Waals surface area contributed by atoms with E-state index in [4.69, 9.17) is 61.6 Å². The summed E-state index contributed by atoms with van der Waals surface area (Å²) >= 11 is 0. The smallest absolute Gasteiger partial charge is 0.338 e. The van der Waals surface area contributed by atoms with E-state index < -0.39 is 204 Å². The van der Waals surface area contributed by atoms with Crippen molar-refractivity contribution < 1.29 is 158 Å². The van der Waals surface area contributed by atoms with E-state index in [9.17, 15) is 96.1 Å². The third kappa shape index (κ3) is 15.3. The van der Waals surface area contributed by atoms with Crippen molar-refractivity contribution in [2.45, 2.75) is 147 Å². The summed E-state index contributed by atoms with van der Waals surface area (Å²) in [6.45, 7) is -6.65. The summed E-state index contributed by atoms with van der Waals surface area (Å²) in [5.41, 5.74) is 0.485. The van der Waals surface area contributed by atoms with Gasteiger partial charge in [-0.1, -0.05) is 36.4 Å². The summed E-state index contributed by atoms with van der Waals surface area (Å²) in [5, 5.41) is 173. The molecule has 0 radical (unpaired) electrons. The average Bonchev–Trinajstić information content (AvgIpc) is 1.49. The molecule has 88 heavy (non-hydrogen) atoms. The fourth-order valence-electron chi connectivity index (χ4n) is 10.2. The first kappa shape index (κ1) is 68.0. The lowest BCUT2D eigenvalue weighted by Gasteiger charge is -2.51. The SMILES string of the molecule is COc1cc(C=CC(=O)OC2C(CO)OC(OC3(COC(=O)C=Cc4ccc(O)cc4)OC(CO)C(O)C3OC(=O)c3ccccc3)C(OC3OC(CO)C(O)C(O)C3O)C2OC2OC(CO)C(OC3OC(CO)C(O)C(O)C3O)C(O)C2O)ccc1O. The standard InChI is InChI=1S/C56H70O32/c1-76-29-17-25(9-14-28(29)63)11-16-36(65)82-47-34(22-61)81-55(88-56(23-77-35(64)15-10-24-7-12-27(62)13-8-24)50(39(68)32(20-59)87-56)86-51(75)26-5-3-2-4-6-26)49(85-53-44(73)41(70)38(67)31(19-58)79-53)48(47)84-54-45(74)42(71)46(33(21-60)80-54)83-52-43(72)40(69)37(66)30(18-57)78-52/h2-17,30-34,37-50,52-55,57-63,66-74H,18-23H2,1H3. The number of hydrogen-bond acceptors (Lipinski definition) is 32. The van der Waals surface area contributed by atoms with Gasteiger partial charge in [-0.2, -0.15) is 0 Å². The first-order valence-corrected chi connectivity index (χ1v) is 27.4. The fourth-order valence-corrected chi connectivity index (χ4v) is 10.2. The number of aromatic hydroxyl groups is 2. The summed E-state index contributed by atoms with van der Waals surface area (Å²) in [4.78, 5) is 41.7. The van der Waals surface area contributed by atoms with E-state index in [1.165, 1.54) is 86.0 Å². The number of phenols is 2. The van der Waals surface area contributed by atoms with Crippen LogP contribution in [-0.4, -0.2) is 293 Å². The predicted molar refractivity (Wildman–Crippen MR) is 285 cm³/mol. The molecule has 0 amide bonds. The highest BCUT2D eigenvalue weighted by molar-refractivity contribution is 5.90. The van der Waals surface area contributed by atoms with E-state index in [0.29, 0.717) is 5.56 Å². The van der Waals surface area contributed by atoms with Crippen LogP contribution in [0.4, 0.5) is 0 Å². The van der Waals surface area contributed by atoms with Crippen LogP contribution in [0.15, 0.2) is 84.9 Å². The molecule has 5 saturated heterocycles. The minimum atomic E-state index is -2.95. The van der Waals surface area contributed by atoms with Crippen LogP contribution in [0.25, 0.3) is 12.2 Å². The molecule has 32 heteroatoms. The molecule has 0 spiro atoms. The first-order chi connectivity index (χ1) is 42.1. The van der Waals surface area contributed by atoms with Crippen LogP contribution in [0.2, 0.25) is 0 Å². The Bertz CT molecular complexity index is 2800. The van der Waals surface area contributed by atoms with Crippen molar-refractivity contribution in [1.82, 2.24) is 0 Å². The minimum Gasteiger partial charge on any atom is -0.508 e. The molecule has 5 aliphatic heterocycles. The predicted octanol–water partition coefficient (Wildman–Crippen LogP) is -6.11. The average molecular weight is 1260 g/mol. The second kappa shape index (κ2) is 30.2. The van der Waals surface area contributed by atoms with Gasteiger partial charge in [-0.05, 0) is 59.7 Å². The lowest BCUT2D eigenvalue weighted by Crippen LogP contribution is -2.69. The van der Waals surface area contributed by atoms with Crippen LogP contribution in [-0.2, 0) is 66.4 Å². The van der Waals surface area contributed by atoms with Crippen molar-refractivity contribution in [2.24, 2.45) is 0 Å². The largest absolute Gasteiger partial charge is 0.508 e. The van der Waals surface area contributed by atoms with Crippen LogP contribution in [0.3, 0.4) is 0 Å². The number of rotatable bonds is 23. The molecule has 486 valence electrons. The maximum atomic E-state index is 14.1. The molecular formula is C56H70O32. The number of carbonyl (C=O) groups excluding carboxylic acids is 3. The number of aliphatic hydroxyl groups is 14. The normalized spacial score (nSPS) is 37.8. The second-order valence-electron chi connectivity index (χ2n) is 20.8. The number of ether oxygens (including phenoxy) is 13. The number of benzene rings is 3. The quantitative estimate of drug-likeness (QED) is 0.0239. The fraction of sp³-hybridized carbons (Fsp3) is 0.554. The van der Waals surface area contributed by atoms with Crippen LogP contribution in [0.5, 0.6) is 17.2 Å². The van der Waals surface area contributed by atoms with Crippen LogP contribution < -0.4 is 4.74 Å². The molecule has 5 fully saturated rings. The Morgan fingerprint density at radius 3 is 1.58 bits per heavy atom. The molecule has 5 heterocycles. The van der Waals surface area contributed by atoms with E-state index in [2.05, 4.69) is 0 Å². The van der Waals surface area contributed by atoms with Gasteiger partial charge in [0.1, 0.15) is 116 Å². The van der Waals surface area contributed by atoms with E-state index in [-0.39, 0.29) is 28.4 Å². The van der Waals surface area contributed by atoms with Gasteiger partial charge < -0.3 is 143 Å². The molecule has 5 aliphatic rings. The summed E-state index contributed by atoms with van der Waals surface area (Å²) < 4.78 is 77.0. The maximum Gasteiger partial charge on any atom is 0.338 e. The Morgan fingerprint density at radius 2 is 1.00 bits per heavy atom. The highest BCUT2D eigenvalue weighted by Crippen LogP contribution is 2.43. The van der Waals surface area contributed by atoms with Crippen molar-refractivity contribution >= 4 is 30.1 Å². The third-order valence-electron chi connectivity index (χ3n) is 15.0. The molecular weight excluding hydrogens is 1180 g/mol. The van der Waals surface area contributed by atoms with Crippen molar-refractivity contribution in [3.05, 3.63) is 102 Å². The Hall–Kier alpha value is -5.97. The zero-order valence-electron chi connectivity index (χ0n) is 46.4. The molecule has 32 nitrogen and oxygen atoms in total. The molecule has 8 rings (SSSR count). The lowest BCUT2D eigenvalue weighted by atomic mass is 9.95. The number of phenolic OH excluding ortho intramolecular Hbond substituents is 2. The first-order valence-electron chi connectivity index (χ1n) is 27.4. The third-order valence-corrected chi connectivity index (χ3v) is 15.0. The number of aliphatic hydroxyl groups excluding tert-OH is 14. The molecule has 24 atom stereocenters. The van der Waals surface area contributed by atoms with Gasteiger partial charge in [0.25, 0.3) is 0 Å². The Balaban J connectivity index is 1.24. The van der Waals surface area contributed by atoms with Crippen molar-refractivity contribution in [1.29, 1.82) is 0 Å². The number of methoxy groups -OCH3 is 1. The van der Waals surface area contributed by atoms with E-state index >= 15 is 0 Å². The van der Waals surface area contributed by atoms with Gasteiger partial charge in [-0.3, -0.25) is 0 Å². The van der Waals surface area contributed by atoms with Gasteiger partial charge in [-0.15, -0.1) is 0 Å². The minimum absolute atomic E-state index is 0.0151. The monoisotopic (exact) mass is 1250 g/mol. The Kier molecular flexibility index (Phi) is 23.3. The Morgan fingerprint density at radius 1 is 0.500 bits per heavy atom. The van der Waals surface area contributed by atoms with Gasteiger partial charge in [0.2, 0.25) is 5.79 Å². The number of carbonyl (C=O) groups is 3. The zero-order valence-corrected chi connectivity index (χ0v) is 46.4. The van der Waals surface area contributed by atoms with Crippen LogP contribution in [0.1, 0.15) is 21.5 Å². The van der Waals surface area contributed by atoms with Crippen molar-refractivity contribution in [3.63, 3.8) is 0 Å². The summed E-state index contributed by atoms with van der Waals surface area (Å²) in [7, 11) is 1.26. The zero-order chi connectivity index (χ0) is 63.7. The number of hydrogen-bond donors (Lipinski definition) is 16. The molecule has 16 N–H and O–H groups in total. The number of esters is 3. The van der Waals surface area contributed by atoms with Crippen molar-refractivity contribution in [3.8, 4) is 17.2 Å². The van der Waals surface area contributed by atoms with Gasteiger partial charge in [-0.25, -0.2) is 14.4 Å². The van der Waals surface area contributed by atoms with E-state index in [0.717, 1.165) is 12.2 Å². The molecule has 3 aromatic carbocycles. The second-order valence-corrected chi connectivity index (χ2v) is 20.8. The van der Waals surface area contributed by atoms with Gasteiger partial charge >= 0.3 is 17.9 Å². The van der Waals surface area contributed by atoms with E-state index in [1.54, 1.807) is 6.07 Å². The molecule has 0 saturated carbocycles. The molecule has 0 aromatic heterocycles. The summed E-state index contributed by atoms with van der Waals surface area (Å²) in [6, 6.07) is 16.5. The highest BCUT2D eigenvalue weighted by atomic mass is 16.8. The Labute approximate surface area is 499 Å². The lowest BCUT2D eigenvalue weighted by molar-refractivity contribution is -0.423. The molecule has 0 aliphatic carbocycles. The van der Waals surface area contributed by atoms with Crippen LogP contribution >= 0.6 is 0 Å². The summed E-state index contributed by atoms with van der Waals surface area (Å²) in [6.07, 6.45) is -44.2. The molecule has 24 unspecified atom stereocenters. The van der Waals surface area contributed by atoms with Gasteiger partial charge in [0.15, 0.2) is 48.9 Å². The molecule has 3 aromatic rings. The van der Waals surface area contributed by atoms with Gasteiger partial charge in [0, 0.05) is 12.2 Å². The topological polar surface area (TPSA) is 495 Å². The highest BCUT2D eigenvalue weighted by Gasteiger charge is 2.64. The van der Waals surface area contributed by atoms with E-state index in [1.807, 2.05) is 0 Å². The summed E-state index contributed by atoms with van der Waals surface area (Å²) in [5.74, 6) is -6.98. The van der Waals surface area contributed by atoms with Crippen LogP contribution in [0, 0.1) is 0 Å². The van der Waals surface area contributed by atoms with Gasteiger partial charge in [0.05, 0.1) is 45.7 Å². The van der Waals surface area contributed by atoms with Crippen molar-refractivity contribution in [2.75, 3.05) is 46.8 Å². The maximum absolute atomic E-state index is 14.1.